The first kappa shape index (κ1) is 29.9. The van der Waals surface area contributed by atoms with Gasteiger partial charge in [-0.25, -0.2) is 13.8 Å². The zero-order chi connectivity index (χ0) is 32.7. The van der Waals surface area contributed by atoms with Crippen molar-refractivity contribution >= 4 is 44.3 Å². The smallest absolute Gasteiger partial charge is 0.272 e. The summed E-state index contributed by atoms with van der Waals surface area (Å²) in [6.07, 6.45) is 0.896. The molecule has 47 heavy (non-hydrogen) atoms. The van der Waals surface area contributed by atoms with Crippen LogP contribution in [-0.2, 0) is 16.0 Å². The number of pyridine rings is 2. The van der Waals surface area contributed by atoms with E-state index in [1.807, 2.05) is 0 Å². The summed E-state index contributed by atoms with van der Waals surface area (Å²) in [6.45, 7) is 0. The number of nitrogens with zero attached hydrogens (tertiary/aromatic N) is 2. The van der Waals surface area contributed by atoms with Gasteiger partial charge in [0.2, 0.25) is 0 Å². The molecule has 2 aliphatic carbocycles. The molecule has 2 aromatic heterocycles. The quantitative estimate of drug-likeness (QED) is 0.270. The van der Waals surface area contributed by atoms with Crippen LogP contribution in [0.4, 0.5) is 8.78 Å². The number of halogens is 3. The molecule has 1 saturated carbocycles. The largest absolute Gasteiger partial charge is 0.495 e. The molecule has 5 atom stereocenters. The van der Waals surface area contributed by atoms with Gasteiger partial charge in [-0.15, -0.1) is 0 Å². The number of hydrogen-bond donors (Lipinski definition) is 2. The minimum atomic E-state index is -3.38. The number of para-hydroxylation sites is 1. The van der Waals surface area contributed by atoms with Gasteiger partial charge in [-0.2, -0.15) is 0 Å². The number of rotatable bonds is 5. The molecule has 10 heteroatoms. The minimum absolute atomic E-state index is 0.0112. The molecule has 0 spiro atoms. The molecule has 3 heterocycles. The standard InChI is InChI=1S/C37H27BrF2N2O5/c1-46-28-18-41-19-29-32(28)36(45)34(44)30(31(20-7-3-2-4-8-20)37(36,47-29)22-11-13-23(38)14-12-22)33(43)25-16-35(39,40)17-27-24(25)15-21-9-5-6-10-26(21)42-27/h2-15,17-19,30-31,34,44-45H,16H2,1H3/t30-,31+,34+,36-,37-/m0/s1. The van der Waals surface area contributed by atoms with E-state index in [-0.39, 0.29) is 33.2 Å². The molecular weight excluding hydrogens is 670 g/mol. The first-order valence-corrected chi connectivity index (χ1v) is 15.9. The molecule has 0 radical (unpaired) electrons. The number of Topliss-reactive ketones (excluding diaryl/α,β-unsaturated/α-hetero) is 1. The topological polar surface area (TPSA) is 102 Å². The number of carbonyl (C=O) groups is 1. The van der Waals surface area contributed by atoms with Crippen molar-refractivity contribution in [1.29, 1.82) is 0 Å². The van der Waals surface area contributed by atoms with Crippen LogP contribution in [0.2, 0.25) is 0 Å². The Bertz CT molecular complexity index is 2210. The van der Waals surface area contributed by atoms with Crippen LogP contribution in [0.15, 0.2) is 102 Å². The highest BCUT2D eigenvalue weighted by atomic mass is 79.9. The predicted octanol–water partition coefficient (Wildman–Crippen LogP) is 4.89. The maximum Gasteiger partial charge on any atom is 0.272 e. The molecule has 3 aromatic carbocycles. The minimum Gasteiger partial charge on any atom is -0.495 e. The normalized spacial score (nSPS) is 26.9. The summed E-state index contributed by atoms with van der Waals surface area (Å²) >= 11 is 3.47. The van der Waals surface area contributed by atoms with E-state index in [1.165, 1.54) is 19.5 Å². The molecule has 0 amide bonds. The monoisotopic (exact) mass is 696 g/mol. The van der Waals surface area contributed by atoms with Gasteiger partial charge in [-0.3, -0.25) is 9.78 Å². The molecule has 0 bridgehead atoms. The van der Waals surface area contributed by atoms with Crippen molar-refractivity contribution in [2.45, 2.75) is 35.6 Å². The number of benzene rings is 3. The van der Waals surface area contributed by atoms with Gasteiger partial charge in [0.05, 0.1) is 41.9 Å². The van der Waals surface area contributed by atoms with Crippen LogP contribution < -0.4 is 20.0 Å². The second kappa shape index (κ2) is 10.5. The van der Waals surface area contributed by atoms with Gasteiger partial charge in [0.1, 0.15) is 17.6 Å². The second-order valence-corrected chi connectivity index (χ2v) is 13.1. The second-order valence-electron chi connectivity index (χ2n) is 12.2. The Kier molecular flexibility index (Phi) is 6.67. The van der Waals surface area contributed by atoms with Crippen LogP contribution >= 0.6 is 15.9 Å². The average Bonchev–Trinajstić information content (AvgIpc) is 3.45. The maximum atomic E-state index is 15.4. The van der Waals surface area contributed by atoms with Crippen molar-refractivity contribution in [2.24, 2.45) is 5.92 Å². The van der Waals surface area contributed by atoms with Crippen LogP contribution in [0, 0.1) is 5.92 Å². The number of aliphatic hydroxyl groups excluding tert-OH is 1. The van der Waals surface area contributed by atoms with Crippen molar-refractivity contribution in [3.8, 4) is 11.5 Å². The highest BCUT2D eigenvalue weighted by Crippen LogP contribution is 2.70. The van der Waals surface area contributed by atoms with Gasteiger partial charge in [0.15, 0.2) is 17.0 Å². The predicted molar refractivity (Wildman–Crippen MR) is 173 cm³/mol. The molecule has 5 aromatic rings. The molecule has 0 unspecified atom stereocenters. The molecule has 1 aliphatic heterocycles. The Balaban J connectivity index is 1.44. The molecule has 8 rings (SSSR count). The van der Waals surface area contributed by atoms with E-state index >= 15 is 13.6 Å². The fraction of sp³-hybridized carbons (Fsp3) is 0.216. The number of hydrogen-bond acceptors (Lipinski definition) is 7. The molecule has 236 valence electrons. The third-order valence-electron chi connectivity index (χ3n) is 9.75. The lowest BCUT2D eigenvalue weighted by atomic mass is 9.70. The highest BCUT2D eigenvalue weighted by Gasteiger charge is 2.78. The van der Waals surface area contributed by atoms with Crippen LogP contribution in [-0.4, -0.2) is 45.1 Å². The zero-order valence-corrected chi connectivity index (χ0v) is 26.5. The van der Waals surface area contributed by atoms with Crippen molar-refractivity contribution in [3.05, 3.63) is 129 Å². The van der Waals surface area contributed by atoms with Crippen LogP contribution in [0.5, 0.6) is 11.5 Å². The third kappa shape index (κ3) is 4.17. The van der Waals surface area contributed by atoms with Gasteiger partial charge in [0, 0.05) is 39.1 Å². The van der Waals surface area contributed by atoms with E-state index in [4.69, 9.17) is 9.47 Å². The van der Waals surface area contributed by atoms with Gasteiger partial charge in [-0.05, 0) is 35.4 Å². The number of aliphatic hydroxyl groups is 2. The summed E-state index contributed by atoms with van der Waals surface area (Å²) in [5, 5.41) is 26.5. The van der Waals surface area contributed by atoms with E-state index in [1.54, 1.807) is 84.9 Å². The molecule has 2 N–H and O–H groups in total. The first-order chi connectivity index (χ1) is 22.6. The Labute approximate surface area is 276 Å². The van der Waals surface area contributed by atoms with E-state index in [2.05, 4.69) is 25.9 Å². The van der Waals surface area contributed by atoms with Gasteiger partial charge < -0.3 is 19.7 Å². The maximum absolute atomic E-state index is 15.4. The lowest BCUT2D eigenvalue weighted by Crippen LogP contribution is -2.52. The fourth-order valence-electron chi connectivity index (χ4n) is 7.87. The van der Waals surface area contributed by atoms with Crippen LogP contribution in [0.1, 0.15) is 29.0 Å². The molecule has 3 aliphatic rings. The average molecular weight is 698 g/mol. The number of aromatic nitrogens is 2. The Hall–Kier alpha value is -4.51. The van der Waals surface area contributed by atoms with Gasteiger partial charge >= 0.3 is 0 Å². The number of ether oxygens (including phenoxy) is 2. The summed E-state index contributed by atoms with van der Waals surface area (Å²) in [5.41, 5.74) is -2.59. The van der Waals surface area contributed by atoms with E-state index in [9.17, 15) is 10.2 Å². The summed E-state index contributed by atoms with van der Waals surface area (Å²) < 4.78 is 44.0. The highest BCUT2D eigenvalue weighted by molar-refractivity contribution is 9.10. The van der Waals surface area contributed by atoms with Gasteiger partial charge in [0.25, 0.3) is 5.92 Å². The third-order valence-corrected chi connectivity index (χ3v) is 10.3. The number of ketones is 1. The van der Waals surface area contributed by atoms with E-state index in [0.29, 0.717) is 22.0 Å². The van der Waals surface area contributed by atoms with E-state index < -0.39 is 47.3 Å². The Morgan fingerprint density at radius 1 is 1.02 bits per heavy atom. The van der Waals surface area contributed by atoms with Crippen molar-refractivity contribution in [1.82, 2.24) is 9.97 Å². The lowest BCUT2D eigenvalue weighted by Gasteiger charge is -2.40. The van der Waals surface area contributed by atoms with Crippen molar-refractivity contribution in [3.63, 3.8) is 0 Å². The Morgan fingerprint density at radius 3 is 2.49 bits per heavy atom. The number of alkyl halides is 2. The SMILES string of the molecule is COc1cncc2c1[C@]1(O)[C@H](O)[C@H](C(=O)C3=c4cc5ccccc5nc4=CC(F)(F)C3)[C@@H](c3ccccc3)[C@]1(c1ccc(Br)cc1)O2. The molecule has 1 fully saturated rings. The van der Waals surface area contributed by atoms with Crippen molar-refractivity contribution < 1.29 is 33.3 Å². The first-order valence-electron chi connectivity index (χ1n) is 15.1. The summed E-state index contributed by atoms with van der Waals surface area (Å²) in [7, 11) is 1.41. The fourth-order valence-corrected chi connectivity index (χ4v) is 8.13. The Morgan fingerprint density at radius 2 is 1.74 bits per heavy atom. The van der Waals surface area contributed by atoms with Crippen LogP contribution in [0.3, 0.4) is 0 Å². The number of fused-ring (bicyclic) bond motifs is 5. The van der Waals surface area contributed by atoms with Gasteiger partial charge in [-0.1, -0.05) is 76.6 Å². The number of methoxy groups -OCH3 is 1. The molecular formula is C37H27BrF2N2O5. The summed E-state index contributed by atoms with van der Waals surface area (Å²) in [5.74, 6) is -6.27. The zero-order valence-electron chi connectivity index (χ0n) is 24.9. The van der Waals surface area contributed by atoms with E-state index in [0.717, 1.165) is 10.5 Å². The lowest BCUT2D eigenvalue weighted by molar-refractivity contribution is -0.153. The summed E-state index contributed by atoms with van der Waals surface area (Å²) in [4.78, 5) is 23.8. The molecule has 7 nitrogen and oxygen atoms in total. The van der Waals surface area contributed by atoms with Crippen LogP contribution in [0.25, 0.3) is 22.6 Å². The number of carbonyl (C=O) groups excluding carboxylic acids is 1. The molecule has 0 saturated heterocycles. The van der Waals surface area contributed by atoms with Crippen molar-refractivity contribution in [2.75, 3.05) is 7.11 Å². The summed E-state index contributed by atoms with van der Waals surface area (Å²) in [6, 6.07) is 24.8.